The maximum atomic E-state index is 10.5. The number of pyridine rings is 1. The number of fused-ring (bicyclic) bond motifs is 1. The largest absolute Gasteiger partial charge is 1.00 e. The molecule has 0 unspecified atom stereocenters. The second-order valence-electron chi connectivity index (χ2n) is 2.53. The van der Waals surface area contributed by atoms with Gasteiger partial charge in [0, 0.05) is 11.6 Å². The number of aromatic nitrogens is 2. The molecule has 2 aromatic heterocycles. The van der Waals surface area contributed by atoms with E-state index in [1.165, 1.54) is 12.3 Å². The smallest absolute Gasteiger partial charge is 0.543 e. The van der Waals surface area contributed by atoms with Crippen molar-refractivity contribution >= 4 is 28.5 Å². The van der Waals surface area contributed by atoms with Crippen LogP contribution < -0.4 is 34.7 Å². The van der Waals surface area contributed by atoms with Crippen LogP contribution in [0, 0.1) is 0 Å². The van der Waals surface area contributed by atoms with Crippen LogP contribution in [0.5, 0.6) is 0 Å². The van der Waals surface area contributed by atoms with Gasteiger partial charge in [0.25, 0.3) is 0 Å². The number of rotatable bonds is 1. The number of hydrogen-bond donors (Lipinski definition) is 1. The van der Waals surface area contributed by atoms with E-state index in [1.54, 1.807) is 6.07 Å². The number of carboxylic acid groups (broad SMARTS) is 1. The van der Waals surface area contributed by atoms with Gasteiger partial charge in [-0.05, 0) is 12.1 Å². The number of halogens is 1. The number of nitrogens with one attached hydrogen (secondary N) is 1. The van der Waals surface area contributed by atoms with Gasteiger partial charge in [0.15, 0.2) is 0 Å². The van der Waals surface area contributed by atoms with Gasteiger partial charge >= 0.3 is 29.6 Å². The quantitative estimate of drug-likeness (QED) is 0.428. The number of aromatic carboxylic acids is 1. The number of H-pyrrole nitrogens is 1. The molecule has 0 aromatic carbocycles. The van der Waals surface area contributed by atoms with Crippen molar-refractivity contribution in [1.29, 1.82) is 0 Å². The molecule has 0 saturated heterocycles. The standard InChI is InChI=1S/C8H5ClN2O2.Na/c9-7-4-3-6(8(12)13)11-5(4)1-2-10-7;/h1-3,11H,(H,12,13);/q;+1/p-1. The van der Waals surface area contributed by atoms with Crippen LogP contribution in [0.1, 0.15) is 10.5 Å². The molecular formula is C8H4ClN2NaO2. The van der Waals surface area contributed by atoms with Crippen molar-refractivity contribution < 1.29 is 39.5 Å². The fourth-order valence-corrected chi connectivity index (χ4v) is 1.34. The van der Waals surface area contributed by atoms with Crippen LogP contribution >= 0.6 is 11.6 Å². The van der Waals surface area contributed by atoms with E-state index in [4.69, 9.17) is 11.6 Å². The number of carbonyl (C=O) groups is 1. The summed E-state index contributed by atoms with van der Waals surface area (Å²) in [5.74, 6) is -1.26. The fourth-order valence-electron chi connectivity index (χ4n) is 1.13. The van der Waals surface area contributed by atoms with Crippen molar-refractivity contribution in [3.63, 3.8) is 0 Å². The van der Waals surface area contributed by atoms with Crippen LogP contribution in [0.2, 0.25) is 5.15 Å². The van der Waals surface area contributed by atoms with Crippen LogP contribution in [0.4, 0.5) is 0 Å². The van der Waals surface area contributed by atoms with E-state index in [1.807, 2.05) is 0 Å². The number of nitrogens with zero attached hydrogens (tertiary/aromatic N) is 1. The molecule has 0 aliphatic carbocycles. The molecule has 0 atom stereocenters. The van der Waals surface area contributed by atoms with Gasteiger partial charge in [0.05, 0.1) is 17.2 Å². The van der Waals surface area contributed by atoms with Crippen LogP contribution in [0.3, 0.4) is 0 Å². The zero-order valence-corrected chi connectivity index (χ0v) is 10.1. The minimum absolute atomic E-state index is 0. The average molecular weight is 219 g/mol. The average Bonchev–Trinajstić information content (AvgIpc) is 2.49. The van der Waals surface area contributed by atoms with Gasteiger partial charge in [-0.15, -0.1) is 0 Å². The molecule has 2 aromatic rings. The first-order chi connectivity index (χ1) is 6.18. The molecule has 0 radical (unpaired) electrons. The van der Waals surface area contributed by atoms with Crippen LogP contribution in [0.15, 0.2) is 18.3 Å². The Hall–Kier alpha value is -0.550. The summed E-state index contributed by atoms with van der Waals surface area (Å²) in [7, 11) is 0. The predicted molar refractivity (Wildman–Crippen MR) is 45.4 cm³/mol. The molecular weight excluding hydrogens is 215 g/mol. The Labute approximate surface area is 107 Å². The van der Waals surface area contributed by atoms with Gasteiger partial charge in [0.1, 0.15) is 5.15 Å². The van der Waals surface area contributed by atoms with E-state index in [2.05, 4.69) is 9.97 Å². The van der Waals surface area contributed by atoms with Crippen LogP contribution in [-0.2, 0) is 0 Å². The normalized spacial score (nSPS) is 9.79. The molecule has 0 amide bonds. The van der Waals surface area contributed by atoms with Crippen LogP contribution in [-0.4, -0.2) is 15.9 Å². The molecule has 14 heavy (non-hydrogen) atoms. The fraction of sp³-hybridized carbons (Fsp3) is 0. The van der Waals surface area contributed by atoms with Crippen molar-refractivity contribution in [3.05, 3.63) is 29.2 Å². The van der Waals surface area contributed by atoms with E-state index >= 15 is 0 Å². The maximum absolute atomic E-state index is 10.5. The molecule has 0 spiro atoms. The summed E-state index contributed by atoms with van der Waals surface area (Å²) >= 11 is 5.73. The van der Waals surface area contributed by atoms with Gasteiger partial charge in [-0.3, -0.25) is 0 Å². The van der Waals surface area contributed by atoms with Crippen molar-refractivity contribution in [2.75, 3.05) is 0 Å². The van der Waals surface area contributed by atoms with E-state index in [9.17, 15) is 9.90 Å². The molecule has 4 nitrogen and oxygen atoms in total. The van der Waals surface area contributed by atoms with Crippen molar-refractivity contribution in [1.82, 2.24) is 9.97 Å². The Bertz CT molecular complexity index is 483. The zero-order valence-electron chi connectivity index (χ0n) is 7.37. The molecule has 0 fully saturated rings. The number of carbonyl (C=O) groups excluding carboxylic acids is 1. The van der Waals surface area contributed by atoms with Crippen LogP contribution in [0.25, 0.3) is 10.9 Å². The molecule has 1 N–H and O–H groups in total. The van der Waals surface area contributed by atoms with E-state index in [0.717, 1.165) is 0 Å². The number of aromatic amines is 1. The van der Waals surface area contributed by atoms with Crippen molar-refractivity contribution in [2.24, 2.45) is 0 Å². The Morgan fingerprint density at radius 1 is 1.57 bits per heavy atom. The Kier molecular flexibility index (Phi) is 3.55. The molecule has 0 bridgehead atoms. The maximum Gasteiger partial charge on any atom is 1.00 e. The van der Waals surface area contributed by atoms with E-state index in [0.29, 0.717) is 10.9 Å². The first kappa shape index (κ1) is 11.5. The Balaban J connectivity index is 0.000000980. The third kappa shape index (κ3) is 1.93. The zero-order chi connectivity index (χ0) is 9.42. The van der Waals surface area contributed by atoms with Gasteiger partial charge in [-0.2, -0.15) is 0 Å². The Morgan fingerprint density at radius 2 is 2.29 bits per heavy atom. The summed E-state index contributed by atoms with van der Waals surface area (Å²) in [6.45, 7) is 0. The summed E-state index contributed by atoms with van der Waals surface area (Å²) in [6, 6.07) is 3.05. The van der Waals surface area contributed by atoms with Crippen molar-refractivity contribution in [2.45, 2.75) is 0 Å². The summed E-state index contributed by atoms with van der Waals surface area (Å²) in [4.78, 5) is 16.9. The number of carboxylic acids is 1. The first-order valence-electron chi connectivity index (χ1n) is 3.53. The third-order valence-electron chi connectivity index (χ3n) is 1.72. The minimum atomic E-state index is -1.26. The molecule has 0 saturated carbocycles. The summed E-state index contributed by atoms with van der Waals surface area (Å²) in [6.07, 6.45) is 1.50. The molecule has 0 aliphatic heterocycles. The molecule has 0 aliphatic rings. The number of hydrogen-bond acceptors (Lipinski definition) is 3. The Morgan fingerprint density at radius 3 is 2.86 bits per heavy atom. The third-order valence-corrected chi connectivity index (χ3v) is 2.02. The van der Waals surface area contributed by atoms with Gasteiger partial charge in [-0.25, -0.2) is 4.98 Å². The molecule has 6 heteroatoms. The summed E-state index contributed by atoms with van der Waals surface area (Å²) < 4.78 is 0. The van der Waals surface area contributed by atoms with Crippen molar-refractivity contribution in [3.8, 4) is 0 Å². The van der Waals surface area contributed by atoms with Gasteiger partial charge in [0.2, 0.25) is 0 Å². The van der Waals surface area contributed by atoms with Gasteiger partial charge in [-0.1, -0.05) is 11.6 Å². The second-order valence-corrected chi connectivity index (χ2v) is 2.89. The second kappa shape index (κ2) is 4.31. The van der Waals surface area contributed by atoms with E-state index < -0.39 is 5.97 Å². The molecule has 66 valence electrons. The molecule has 2 rings (SSSR count). The predicted octanol–water partition coefficient (Wildman–Crippen LogP) is -2.42. The SMILES string of the molecule is O=C([O-])c1cc2c(Cl)nccc2[nH]1.[Na+]. The van der Waals surface area contributed by atoms with E-state index in [-0.39, 0.29) is 40.4 Å². The summed E-state index contributed by atoms with van der Waals surface area (Å²) in [5, 5.41) is 11.3. The first-order valence-corrected chi connectivity index (χ1v) is 3.91. The minimum Gasteiger partial charge on any atom is -0.543 e. The summed E-state index contributed by atoms with van der Waals surface area (Å²) in [5.41, 5.74) is 0.643. The monoisotopic (exact) mass is 218 g/mol. The van der Waals surface area contributed by atoms with Gasteiger partial charge < -0.3 is 14.9 Å². The topological polar surface area (TPSA) is 68.8 Å². The molecule has 2 heterocycles.